The number of hydrogen-bond donors (Lipinski definition) is 1. The molecule has 1 aromatic carbocycles. The number of ketones is 1. The molecule has 0 spiro atoms. The van der Waals surface area contributed by atoms with E-state index in [0.717, 1.165) is 0 Å². The van der Waals surface area contributed by atoms with Gasteiger partial charge in [0.25, 0.3) is 0 Å². The van der Waals surface area contributed by atoms with Crippen LogP contribution in [0, 0.1) is 11.3 Å². The van der Waals surface area contributed by atoms with Crippen molar-refractivity contribution >= 4 is 23.4 Å². The Kier molecular flexibility index (Phi) is 3.43. The monoisotopic (exact) mass is 358 g/mol. The van der Waals surface area contributed by atoms with E-state index < -0.39 is 23.3 Å². The highest BCUT2D eigenvalue weighted by Gasteiger charge is 2.82. The van der Waals surface area contributed by atoms with Crippen LogP contribution in [0.15, 0.2) is 35.6 Å². The molecule has 1 aliphatic carbocycles. The summed E-state index contributed by atoms with van der Waals surface area (Å²) in [4.78, 5) is 24.2. The average molecular weight is 359 g/mol. The second-order valence-corrected chi connectivity index (χ2v) is 6.83. The number of ether oxygens (including phenoxy) is 2. The van der Waals surface area contributed by atoms with E-state index in [1.807, 2.05) is 0 Å². The molecule has 128 valence electrons. The fourth-order valence-corrected chi connectivity index (χ4v) is 4.09. The van der Waals surface area contributed by atoms with E-state index >= 15 is 0 Å². The Morgan fingerprint density at radius 3 is 2.88 bits per heavy atom. The topological polar surface area (TPSA) is 98.3 Å². The van der Waals surface area contributed by atoms with Gasteiger partial charge >= 0.3 is 11.9 Å². The second-order valence-electron chi connectivity index (χ2n) is 6.43. The van der Waals surface area contributed by atoms with Gasteiger partial charge in [-0.1, -0.05) is 29.8 Å². The number of benzene rings is 1. The lowest BCUT2D eigenvalue weighted by atomic mass is 9.73. The molecule has 2 heterocycles. The van der Waals surface area contributed by atoms with Crippen molar-refractivity contribution < 1.29 is 19.1 Å². The fourth-order valence-electron chi connectivity index (χ4n) is 3.84. The van der Waals surface area contributed by atoms with Crippen molar-refractivity contribution in [3.8, 4) is 6.07 Å². The number of halogens is 1. The van der Waals surface area contributed by atoms with Crippen molar-refractivity contribution in [3.63, 3.8) is 0 Å². The van der Waals surface area contributed by atoms with Crippen LogP contribution in [-0.2, 0) is 19.1 Å². The predicted molar refractivity (Wildman–Crippen MR) is 87.1 cm³/mol. The first kappa shape index (κ1) is 16.1. The molecule has 25 heavy (non-hydrogen) atoms. The van der Waals surface area contributed by atoms with Gasteiger partial charge < -0.3 is 9.47 Å². The van der Waals surface area contributed by atoms with Gasteiger partial charge in [-0.25, -0.2) is 5.32 Å². The average Bonchev–Trinajstić information content (AvgIpc) is 3.21. The third kappa shape index (κ3) is 2.13. The van der Waals surface area contributed by atoms with E-state index in [1.165, 1.54) is 6.92 Å². The molecule has 0 bridgehead atoms. The van der Waals surface area contributed by atoms with E-state index in [2.05, 4.69) is 11.4 Å². The molecule has 0 saturated carbocycles. The second kappa shape index (κ2) is 5.32. The highest BCUT2D eigenvalue weighted by atomic mass is 35.5. The van der Waals surface area contributed by atoms with Crippen LogP contribution in [-0.4, -0.2) is 23.2 Å². The quantitative estimate of drug-likeness (QED) is 0.644. The molecule has 7 heteroatoms. The van der Waals surface area contributed by atoms with Crippen LogP contribution in [0.4, 0.5) is 0 Å². The van der Waals surface area contributed by atoms with Crippen molar-refractivity contribution in [2.45, 2.75) is 43.6 Å². The highest BCUT2D eigenvalue weighted by Crippen LogP contribution is 2.60. The predicted octanol–water partition coefficient (Wildman–Crippen LogP) is 2.54. The summed E-state index contributed by atoms with van der Waals surface area (Å²) in [6.07, 6.45) is 1.60. The van der Waals surface area contributed by atoms with Crippen LogP contribution in [0.3, 0.4) is 0 Å². The minimum atomic E-state index is -1.58. The number of rotatable bonds is 2. The summed E-state index contributed by atoms with van der Waals surface area (Å²) in [6.45, 7) is 1.25. The summed E-state index contributed by atoms with van der Waals surface area (Å²) in [5.41, 5.74) is -0.290. The number of nitrogens with zero attached hydrogens (tertiary/aromatic N) is 1. The maximum atomic E-state index is 12.6. The third-order valence-electron chi connectivity index (χ3n) is 4.90. The lowest BCUT2D eigenvalue weighted by Gasteiger charge is -2.36. The summed E-state index contributed by atoms with van der Waals surface area (Å²) in [6, 6.07) is 9.24. The Labute approximate surface area is 149 Å². The van der Waals surface area contributed by atoms with Crippen molar-refractivity contribution in [3.05, 3.63) is 46.2 Å². The van der Waals surface area contributed by atoms with E-state index in [0.29, 0.717) is 41.2 Å². The van der Waals surface area contributed by atoms with Crippen molar-refractivity contribution in [1.29, 1.82) is 5.26 Å². The SMILES string of the molecule is CC(=O)OC12NC1(C#N)C(c1ccccc1Cl)C1=C(CCCC1=O)O2. The molecule has 3 atom stereocenters. The summed E-state index contributed by atoms with van der Waals surface area (Å²) >= 11 is 6.37. The van der Waals surface area contributed by atoms with Crippen LogP contribution in [0.25, 0.3) is 0 Å². The maximum absolute atomic E-state index is 12.6. The van der Waals surface area contributed by atoms with Crippen LogP contribution >= 0.6 is 11.6 Å². The van der Waals surface area contributed by atoms with Crippen molar-refractivity contribution in [1.82, 2.24) is 5.32 Å². The molecule has 4 rings (SSSR count). The van der Waals surface area contributed by atoms with E-state index in [1.54, 1.807) is 24.3 Å². The molecule has 1 N–H and O–H groups in total. The first-order chi connectivity index (χ1) is 11.9. The number of allylic oxidation sites excluding steroid dienone is 1. The smallest absolute Gasteiger partial charge is 0.351 e. The van der Waals surface area contributed by atoms with Gasteiger partial charge in [0.05, 0.1) is 12.0 Å². The van der Waals surface area contributed by atoms with E-state index in [9.17, 15) is 14.9 Å². The van der Waals surface area contributed by atoms with Crippen LogP contribution in [0.1, 0.15) is 37.7 Å². The summed E-state index contributed by atoms with van der Waals surface area (Å²) in [7, 11) is 0. The molecule has 3 aliphatic rings. The Balaban J connectivity index is 1.94. The summed E-state index contributed by atoms with van der Waals surface area (Å²) < 4.78 is 11.2. The number of hydrogen-bond acceptors (Lipinski definition) is 6. The first-order valence-electron chi connectivity index (χ1n) is 8.04. The number of Topliss-reactive ketones (excluding diaryl/α,β-unsaturated/α-hetero) is 1. The zero-order chi connectivity index (χ0) is 17.8. The highest BCUT2D eigenvalue weighted by molar-refractivity contribution is 6.31. The Hall–Kier alpha value is -2.36. The summed E-state index contributed by atoms with van der Waals surface area (Å²) in [5.74, 6) is -2.41. The molecule has 3 unspecified atom stereocenters. The van der Waals surface area contributed by atoms with E-state index in [4.69, 9.17) is 21.1 Å². The van der Waals surface area contributed by atoms with Crippen LogP contribution in [0.5, 0.6) is 0 Å². The number of carbonyl (C=O) groups excluding carboxylic acids is 2. The Morgan fingerprint density at radius 2 is 2.20 bits per heavy atom. The normalized spacial score (nSPS) is 32.8. The fraction of sp³-hybridized carbons (Fsp3) is 0.389. The molecule has 0 amide bonds. The molecular formula is C18H15ClN2O4. The van der Waals surface area contributed by atoms with Crippen molar-refractivity contribution in [2.24, 2.45) is 0 Å². The number of carbonyl (C=O) groups is 2. The van der Waals surface area contributed by atoms with Gasteiger partial charge in [-0.05, 0) is 18.1 Å². The van der Waals surface area contributed by atoms with Gasteiger partial charge in [0, 0.05) is 30.4 Å². The number of nitrogens with one attached hydrogen (secondary N) is 1. The van der Waals surface area contributed by atoms with Gasteiger partial charge in [0.1, 0.15) is 5.76 Å². The summed E-state index contributed by atoms with van der Waals surface area (Å²) in [5, 5.41) is 13.3. The van der Waals surface area contributed by atoms with Crippen molar-refractivity contribution in [2.75, 3.05) is 0 Å². The third-order valence-corrected chi connectivity index (χ3v) is 5.24. The first-order valence-corrected chi connectivity index (χ1v) is 8.42. The number of nitriles is 1. The standard InChI is InChI=1S/C18H15ClN2O4/c1-10(22)24-18-17(9-20,21-18)16(11-5-2-3-6-12(11)19)15-13(23)7-4-8-14(15)25-18/h2-3,5-6,16,21H,4,7-8H2,1H3. The molecule has 2 aliphatic heterocycles. The largest absolute Gasteiger partial charge is 0.441 e. The molecule has 0 radical (unpaired) electrons. The maximum Gasteiger partial charge on any atom is 0.351 e. The number of esters is 1. The van der Waals surface area contributed by atoms with Gasteiger partial charge in [-0.15, -0.1) is 0 Å². The molecule has 1 saturated heterocycles. The molecular weight excluding hydrogens is 344 g/mol. The van der Waals surface area contributed by atoms with Gasteiger partial charge in [0.2, 0.25) is 5.54 Å². The minimum absolute atomic E-state index is 0.0640. The molecule has 1 aromatic rings. The molecule has 6 nitrogen and oxygen atoms in total. The van der Waals surface area contributed by atoms with Gasteiger partial charge in [-0.3, -0.25) is 9.59 Å². The molecule has 0 aromatic heterocycles. The lowest BCUT2D eigenvalue weighted by Crippen LogP contribution is -2.43. The van der Waals surface area contributed by atoms with E-state index in [-0.39, 0.29) is 5.78 Å². The lowest BCUT2D eigenvalue weighted by molar-refractivity contribution is -0.187. The van der Waals surface area contributed by atoms with Gasteiger partial charge in [0.15, 0.2) is 5.78 Å². The van der Waals surface area contributed by atoms with Crippen LogP contribution in [0.2, 0.25) is 5.02 Å². The molecule has 1 fully saturated rings. The Bertz CT molecular complexity index is 874. The zero-order valence-electron chi connectivity index (χ0n) is 13.5. The van der Waals surface area contributed by atoms with Crippen LogP contribution < -0.4 is 5.32 Å². The zero-order valence-corrected chi connectivity index (χ0v) is 14.2. The Morgan fingerprint density at radius 1 is 1.44 bits per heavy atom. The number of fused-ring (bicyclic) bond motifs is 1. The minimum Gasteiger partial charge on any atom is -0.441 e. The van der Waals surface area contributed by atoms with Gasteiger partial charge in [-0.2, -0.15) is 5.26 Å².